The van der Waals surface area contributed by atoms with Gasteiger partial charge in [-0.3, -0.25) is 5.32 Å². The summed E-state index contributed by atoms with van der Waals surface area (Å²) in [4.78, 5) is 4.80. The summed E-state index contributed by atoms with van der Waals surface area (Å²) in [5, 5.41) is 12.9. The predicted molar refractivity (Wildman–Crippen MR) is 89.3 cm³/mol. The van der Waals surface area contributed by atoms with E-state index in [9.17, 15) is 5.26 Å². The molecule has 0 spiro atoms. The maximum absolute atomic E-state index is 9.37. The number of hydrogen-bond acceptors (Lipinski definition) is 4. The Morgan fingerprint density at radius 3 is 2.38 bits per heavy atom. The summed E-state index contributed by atoms with van der Waals surface area (Å²) in [7, 11) is 4.26. The molecule has 1 N–H and O–H groups in total. The van der Waals surface area contributed by atoms with Gasteiger partial charge in [-0.25, -0.2) is 0 Å². The number of hydrogen-bond donors (Lipinski definition) is 1. The predicted octanol–water partition coefficient (Wildman–Crippen LogP) is 2.46. The molecule has 1 aliphatic carbocycles. The lowest BCUT2D eigenvalue weighted by Gasteiger charge is -2.26. The van der Waals surface area contributed by atoms with Crippen LogP contribution in [0.1, 0.15) is 52.4 Å². The van der Waals surface area contributed by atoms with Gasteiger partial charge >= 0.3 is 0 Å². The van der Waals surface area contributed by atoms with Crippen LogP contribution in [0.5, 0.6) is 0 Å². The van der Waals surface area contributed by atoms with Crippen LogP contribution in [-0.4, -0.2) is 61.7 Å². The molecule has 4 heteroatoms. The fourth-order valence-electron chi connectivity index (χ4n) is 2.65. The lowest BCUT2D eigenvalue weighted by molar-refractivity contribution is 0.234. The zero-order valence-corrected chi connectivity index (χ0v) is 14.5. The van der Waals surface area contributed by atoms with Crippen molar-refractivity contribution < 1.29 is 0 Å². The summed E-state index contributed by atoms with van der Waals surface area (Å²) in [5.41, 5.74) is -0.319. The molecule has 1 atom stereocenters. The van der Waals surface area contributed by atoms with Crippen molar-refractivity contribution in [1.82, 2.24) is 15.1 Å². The zero-order chi connectivity index (χ0) is 15.7. The quantitative estimate of drug-likeness (QED) is 0.562. The van der Waals surface area contributed by atoms with Gasteiger partial charge in [-0.15, -0.1) is 0 Å². The molecule has 122 valence electrons. The first-order valence-corrected chi connectivity index (χ1v) is 8.55. The summed E-state index contributed by atoms with van der Waals surface area (Å²) in [6.45, 7) is 8.92. The van der Waals surface area contributed by atoms with E-state index in [2.05, 4.69) is 49.1 Å². The molecule has 0 amide bonds. The third kappa shape index (κ3) is 8.40. The first kappa shape index (κ1) is 18.4. The Balaban J connectivity index is 2.21. The highest BCUT2D eigenvalue weighted by Crippen LogP contribution is 2.24. The first-order chi connectivity index (χ1) is 9.99. The lowest BCUT2D eigenvalue weighted by atomic mass is 9.96. The highest BCUT2D eigenvalue weighted by atomic mass is 15.2. The molecule has 1 unspecified atom stereocenters. The van der Waals surface area contributed by atoms with Gasteiger partial charge in [-0.2, -0.15) is 5.26 Å². The average molecular weight is 294 g/mol. The second kappa shape index (κ2) is 9.40. The Kier molecular flexibility index (Phi) is 8.24. The molecule has 1 fully saturated rings. The molecule has 21 heavy (non-hydrogen) atoms. The van der Waals surface area contributed by atoms with E-state index < -0.39 is 0 Å². The molecule has 0 bridgehead atoms. The zero-order valence-electron chi connectivity index (χ0n) is 14.5. The fourth-order valence-corrected chi connectivity index (χ4v) is 2.65. The Hall–Kier alpha value is -0.630. The maximum atomic E-state index is 9.37. The first-order valence-electron chi connectivity index (χ1n) is 8.55. The number of nitriles is 1. The number of unbranched alkanes of at least 4 members (excludes halogenated alkanes) is 1. The highest BCUT2D eigenvalue weighted by molar-refractivity contribution is 5.06. The largest absolute Gasteiger partial charge is 0.308 e. The van der Waals surface area contributed by atoms with Crippen LogP contribution >= 0.6 is 0 Å². The summed E-state index contributed by atoms with van der Waals surface area (Å²) >= 11 is 0. The number of nitrogens with zero attached hydrogens (tertiary/aromatic N) is 3. The molecule has 1 saturated carbocycles. The summed E-state index contributed by atoms with van der Waals surface area (Å²) in [6.07, 6.45) is 6.99. The van der Waals surface area contributed by atoms with Gasteiger partial charge in [0.1, 0.15) is 5.54 Å². The SMILES string of the molecule is CCCN(CCCCC(C)(C#N)NC1CC1)CCN(C)C. The van der Waals surface area contributed by atoms with Crippen LogP contribution in [0.2, 0.25) is 0 Å². The maximum Gasteiger partial charge on any atom is 0.104 e. The van der Waals surface area contributed by atoms with Crippen LogP contribution in [0.25, 0.3) is 0 Å². The van der Waals surface area contributed by atoms with Crippen LogP contribution in [-0.2, 0) is 0 Å². The third-order valence-corrected chi connectivity index (χ3v) is 4.15. The van der Waals surface area contributed by atoms with Crippen LogP contribution in [0.3, 0.4) is 0 Å². The van der Waals surface area contributed by atoms with E-state index in [0.717, 1.165) is 32.5 Å². The minimum Gasteiger partial charge on any atom is -0.308 e. The minimum atomic E-state index is -0.319. The monoisotopic (exact) mass is 294 g/mol. The highest BCUT2D eigenvalue weighted by Gasteiger charge is 2.31. The van der Waals surface area contributed by atoms with Crippen molar-refractivity contribution in [2.24, 2.45) is 0 Å². The topological polar surface area (TPSA) is 42.3 Å². The molecule has 0 radical (unpaired) electrons. The van der Waals surface area contributed by atoms with Crippen LogP contribution in [0.4, 0.5) is 0 Å². The number of nitrogens with one attached hydrogen (secondary N) is 1. The van der Waals surface area contributed by atoms with E-state index in [1.165, 1.54) is 32.2 Å². The van der Waals surface area contributed by atoms with Crippen molar-refractivity contribution in [2.45, 2.75) is 64.0 Å². The molecule has 1 rings (SSSR count). The Bertz CT molecular complexity index is 319. The van der Waals surface area contributed by atoms with Crippen LogP contribution in [0.15, 0.2) is 0 Å². The van der Waals surface area contributed by atoms with Gasteiger partial charge in [0, 0.05) is 19.1 Å². The van der Waals surface area contributed by atoms with Crippen LogP contribution in [0, 0.1) is 11.3 Å². The van der Waals surface area contributed by atoms with Gasteiger partial charge in [0.25, 0.3) is 0 Å². The third-order valence-electron chi connectivity index (χ3n) is 4.15. The fraction of sp³-hybridized carbons (Fsp3) is 0.941. The average Bonchev–Trinajstić information content (AvgIpc) is 3.24. The van der Waals surface area contributed by atoms with E-state index in [1.807, 2.05) is 0 Å². The second-order valence-corrected chi connectivity index (χ2v) is 6.96. The van der Waals surface area contributed by atoms with Crippen LogP contribution < -0.4 is 5.32 Å². The number of likely N-dealkylation sites (N-methyl/N-ethyl adjacent to an activating group) is 1. The summed E-state index contributed by atoms with van der Waals surface area (Å²) < 4.78 is 0. The molecule has 4 nitrogen and oxygen atoms in total. The summed E-state index contributed by atoms with van der Waals surface area (Å²) in [6, 6.07) is 3.07. The van der Waals surface area contributed by atoms with E-state index in [-0.39, 0.29) is 5.54 Å². The summed E-state index contributed by atoms with van der Waals surface area (Å²) in [5.74, 6) is 0. The van der Waals surface area contributed by atoms with E-state index in [0.29, 0.717) is 6.04 Å². The Morgan fingerprint density at radius 2 is 1.86 bits per heavy atom. The Morgan fingerprint density at radius 1 is 1.14 bits per heavy atom. The van der Waals surface area contributed by atoms with E-state index in [1.54, 1.807) is 0 Å². The molecule has 0 aromatic rings. The smallest absolute Gasteiger partial charge is 0.104 e. The van der Waals surface area contributed by atoms with Crippen molar-refractivity contribution in [3.8, 4) is 6.07 Å². The van der Waals surface area contributed by atoms with Crippen molar-refractivity contribution in [3.05, 3.63) is 0 Å². The van der Waals surface area contributed by atoms with E-state index in [4.69, 9.17) is 0 Å². The lowest BCUT2D eigenvalue weighted by Crippen LogP contribution is -2.42. The normalized spacial score (nSPS) is 18.0. The standard InChI is InChI=1S/C17H34N4/c1-5-11-21(14-13-20(3)4)12-7-6-10-17(2,15-18)19-16-8-9-16/h16,19H,5-14H2,1-4H3. The van der Waals surface area contributed by atoms with Gasteiger partial charge in [0.05, 0.1) is 6.07 Å². The van der Waals surface area contributed by atoms with Gasteiger partial charge in [-0.1, -0.05) is 6.92 Å². The molecule has 0 heterocycles. The van der Waals surface area contributed by atoms with Crippen molar-refractivity contribution in [3.63, 3.8) is 0 Å². The van der Waals surface area contributed by atoms with Gasteiger partial charge < -0.3 is 9.80 Å². The second-order valence-electron chi connectivity index (χ2n) is 6.96. The van der Waals surface area contributed by atoms with Crippen molar-refractivity contribution in [2.75, 3.05) is 40.3 Å². The van der Waals surface area contributed by atoms with Crippen molar-refractivity contribution in [1.29, 1.82) is 5.26 Å². The molecular weight excluding hydrogens is 260 g/mol. The number of rotatable bonds is 12. The molecule has 1 aliphatic rings. The molecule has 0 aromatic carbocycles. The van der Waals surface area contributed by atoms with Gasteiger partial charge in [0.2, 0.25) is 0 Å². The molecular formula is C17H34N4. The Labute approximate surface area is 131 Å². The minimum absolute atomic E-state index is 0.319. The van der Waals surface area contributed by atoms with Gasteiger partial charge in [0.15, 0.2) is 0 Å². The molecule has 0 aliphatic heterocycles. The molecule has 0 aromatic heterocycles. The van der Waals surface area contributed by atoms with Gasteiger partial charge in [-0.05, 0) is 72.6 Å². The van der Waals surface area contributed by atoms with E-state index >= 15 is 0 Å². The molecule has 0 saturated heterocycles. The van der Waals surface area contributed by atoms with Crippen molar-refractivity contribution >= 4 is 0 Å².